The SMILES string of the molecule is CSc1cccc(NC2CCSC2C)c1. The molecule has 1 aliphatic rings. The molecule has 0 radical (unpaired) electrons. The van der Waals surface area contributed by atoms with Gasteiger partial charge < -0.3 is 5.32 Å². The zero-order valence-corrected chi connectivity index (χ0v) is 10.8. The molecule has 0 bridgehead atoms. The first kappa shape index (κ1) is 11.2. The lowest BCUT2D eigenvalue weighted by molar-refractivity contribution is 0.724. The highest BCUT2D eigenvalue weighted by Crippen LogP contribution is 2.29. The monoisotopic (exact) mass is 239 g/mol. The maximum atomic E-state index is 3.63. The van der Waals surface area contributed by atoms with Crippen molar-refractivity contribution < 1.29 is 0 Å². The van der Waals surface area contributed by atoms with Crippen LogP contribution >= 0.6 is 23.5 Å². The average molecular weight is 239 g/mol. The molecule has 1 heterocycles. The van der Waals surface area contributed by atoms with Gasteiger partial charge in [0.1, 0.15) is 0 Å². The Labute approximate surface area is 100 Å². The molecule has 82 valence electrons. The maximum Gasteiger partial charge on any atom is 0.0385 e. The molecule has 0 aromatic heterocycles. The minimum Gasteiger partial charge on any atom is -0.381 e. The van der Waals surface area contributed by atoms with Crippen LogP contribution in [0.4, 0.5) is 5.69 Å². The van der Waals surface area contributed by atoms with E-state index >= 15 is 0 Å². The number of nitrogens with one attached hydrogen (secondary N) is 1. The molecule has 0 saturated carbocycles. The van der Waals surface area contributed by atoms with Gasteiger partial charge in [0.05, 0.1) is 0 Å². The van der Waals surface area contributed by atoms with E-state index in [-0.39, 0.29) is 0 Å². The predicted octanol–water partition coefficient (Wildman–Crippen LogP) is 3.71. The number of benzene rings is 1. The van der Waals surface area contributed by atoms with Crippen molar-refractivity contribution in [2.24, 2.45) is 0 Å². The zero-order valence-electron chi connectivity index (χ0n) is 9.19. The summed E-state index contributed by atoms with van der Waals surface area (Å²) in [4.78, 5) is 1.33. The van der Waals surface area contributed by atoms with Gasteiger partial charge in [-0.05, 0) is 36.6 Å². The van der Waals surface area contributed by atoms with E-state index in [2.05, 4.69) is 54.5 Å². The van der Waals surface area contributed by atoms with Crippen LogP contribution in [0, 0.1) is 0 Å². The molecule has 1 N–H and O–H groups in total. The Hall–Kier alpha value is -0.280. The second-order valence-corrected chi connectivity index (χ2v) is 6.21. The quantitative estimate of drug-likeness (QED) is 0.808. The molecule has 1 aromatic carbocycles. The Morgan fingerprint density at radius 2 is 2.33 bits per heavy atom. The van der Waals surface area contributed by atoms with E-state index < -0.39 is 0 Å². The Kier molecular flexibility index (Phi) is 3.87. The Morgan fingerprint density at radius 3 is 3.00 bits per heavy atom. The van der Waals surface area contributed by atoms with Crippen LogP contribution < -0.4 is 5.32 Å². The van der Waals surface area contributed by atoms with Crippen LogP contribution in [0.2, 0.25) is 0 Å². The highest BCUT2D eigenvalue weighted by Gasteiger charge is 2.23. The Morgan fingerprint density at radius 1 is 1.47 bits per heavy atom. The Bertz CT molecular complexity index is 327. The van der Waals surface area contributed by atoms with Crippen molar-refractivity contribution in [3.8, 4) is 0 Å². The lowest BCUT2D eigenvalue weighted by Crippen LogP contribution is -2.24. The fraction of sp³-hybridized carbons (Fsp3) is 0.500. The lowest BCUT2D eigenvalue weighted by atomic mass is 10.1. The normalized spacial score (nSPS) is 25.5. The second kappa shape index (κ2) is 5.17. The first-order valence-corrected chi connectivity index (χ1v) is 7.59. The third-order valence-electron chi connectivity index (χ3n) is 2.80. The van der Waals surface area contributed by atoms with Crippen LogP contribution in [0.15, 0.2) is 29.2 Å². The highest BCUT2D eigenvalue weighted by atomic mass is 32.2. The summed E-state index contributed by atoms with van der Waals surface area (Å²) >= 11 is 3.86. The molecule has 1 aromatic rings. The fourth-order valence-electron chi connectivity index (χ4n) is 1.85. The molecule has 0 amide bonds. The number of hydrogen-bond acceptors (Lipinski definition) is 3. The number of rotatable bonds is 3. The summed E-state index contributed by atoms with van der Waals surface area (Å²) in [5.74, 6) is 1.29. The smallest absolute Gasteiger partial charge is 0.0385 e. The summed E-state index contributed by atoms with van der Waals surface area (Å²) in [5.41, 5.74) is 1.27. The van der Waals surface area contributed by atoms with Gasteiger partial charge in [0.25, 0.3) is 0 Å². The maximum absolute atomic E-state index is 3.63. The van der Waals surface area contributed by atoms with E-state index in [4.69, 9.17) is 0 Å². The van der Waals surface area contributed by atoms with Gasteiger partial charge in [0.2, 0.25) is 0 Å². The van der Waals surface area contributed by atoms with Gasteiger partial charge in [-0.2, -0.15) is 11.8 Å². The van der Waals surface area contributed by atoms with Crippen LogP contribution in [0.3, 0.4) is 0 Å². The van der Waals surface area contributed by atoms with E-state index in [1.807, 2.05) is 0 Å². The van der Waals surface area contributed by atoms with Crippen LogP contribution in [0.25, 0.3) is 0 Å². The van der Waals surface area contributed by atoms with Crippen molar-refractivity contribution >= 4 is 29.2 Å². The summed E-state index contributed by atoms with van der Waals surface area (Å²) in [6.45, 7) is 2.31. The van der Waals surface area contributed by atoms with Crippen LogP contribution in [0.5, 0.6) is 0 Å². The topological polar surface area (TPSA) is 12.0 Å². The van der Waals surface area contributed by atoms with E-state index in [1.54, 1.807) is 11.8 Å². The van der Waals surface area contributed by atoms with Gasteiger partial charge in [-0.15, -0.1) is 11.8 Å². The lowest BCUT2D eigenvalue weighted by Gasteiger charge is -2.18. The minimum absolute atomic E-state index is 0.645. The average Bonchev–Trinajstić information content (AvgIpc) is 2.65. The van der Waals surface area contributed by atoms with Gasteiger partial charge in [0.15, 0.2) is 0 Å². The first-order chi connectivity index (χ1) is 7.29. The summed E-state index contributed by atoms with van der Waals surface area (Å²) in [7, 11) is 0. The first-order valence-electron chi connectivity index (χ1n) is 5.32. The van der Waals surface area contributed by atoms with E-state index in [9.17, 15) is 0 Å². The van der Waals surface area contributed by atoms with E-state index in [0.29, 0.717) is 6.04 Å². The molecular formula is C12H17NS2. The van der Waals surface area contributed by atoms with Gasteiger partial charge in [-0.25, -0.2) is 0 Å². The molecule has 15 heavy (non-hydrogen) atoms. The molecule has 2 rings (SSSR count). The molecule has 1 nitrogen and oxygen atoms in total. The van der Waals surface area contributed by atoms with Crippen LogP contribution in [0.1, 0.15) is 13.3 Å². The van der Waals surface area contributed by atoms with Gasteiger partial charge in [0, 0.05) is 21.9 Å². The summed E-state index contributed by atoms with van der Waals surface area (Å²) in [6, 6.07) is 9.33. The number of hydrogen-bond donors (Lipinski definition) is 1. The zero-order chi connectivity index (χ0) is 10.7. The third-order valence-corrected chi connectivity index (χ3v) is 4.85. The molecule has 0 aliphatic carbocycles. The molecule has 1 saturated heterocycles. The molecule has 1 fully saturated rings. The largest absolute Gasteiger partial charge is 0.381 e. The summed E-state index contributed by atoms with van der Waals surface area (Å²) in [6.07, 6.45) is 3.41. The van der Waals surface area contributed by atoms with Crippen molar-refractivity contribution in [2.75, 3.05) is 17.3 Å². The molecule has 0 spiro atoms. The molecule has 2 atom stereocenters. The van der Waals surface area contributed by atoms with E-state index in [0.717, 1.165) is 5.25 Å². The summed E-state index contributed by atoms with van der Waals surface area (Å²) in [5, 5.41) is 4.37. The molecular weight excluding hydrogens is 222 g/mol. The summed E-state index contributed by atoms with van der Waals surface area (Å²) < 4.78 is 0. The van der Waals surface area contributed by atoms with Crippen molar-refractivity contribution in [3.63, 3.8) is 0 Å². The second-order valence-electron chi connectivity index (χ2n) is 3.85. The van der Waals surface area contributed by atoms with Gasteiger partial charge >= 0.3 is 0 Å². The fourth-order valence-corrected chi connectivity index (χ4v) is 3.51. The van der Waals surface area contributed by atoms with Crippen molar-refractivity contribution in [3.05, 3.63) is 24.3 Å². The van der Waals surface area contributed by atoms with Crippen LogP contribution in [-0.4, -0.2) is 23.3 Å². The minimum atomic E-state index is 0.645. The van der Waals surface area contributed by atoms with E-state index in [1.165, 1.54) is 22.8 Å². The highest BCUT2D eigenvalue weighted by molar-refractivity contribution is 8.00. The number of thioether (sulfide) groups is 2. The third kappa shape index (κ3) is 2.85. The van der Waals surface area contributed by atoms with Crippen molar-refractivity contribution in [1.29, 1.82) is 0 Å². The molecule has 1 aliphatic heterocycles. The van der Waals surface area contributed by atoms with Crippen molar-refractivity contribution in [2.45, 2.75) is 29.5 Å². The molecule has 3 heteroatoms. The van der Waals surface area contributed by atoms with Gasteiger partial charge in [-0.1, -0.05) is 13.0 Å². The van der Waals surface area contributed by atoms with Gasteiger partial charge in [-0.3, -0.25) is 0 Å². The Balaban J connectivity index is 2.03. The number of anilines is 1. The predicted molar refractivity (Wildman–Crippen MR) is 72.2 cm³/mol. The standard InChI is InChI=1S/C12H17NS2/c1-9-12(6-7-15-9)13-10-4-3-5-11(8-10)14-2/h3-5,8-9,12-13H,6-7H2,1-2H3. The van der Waals surface area contributed by atoms with Crippen LogP contribution in [-0.2, 0) is 0 Å². The van der Waals surface area contributed by atoms with Crippen molar-refractivity contribution in [1.82, 2.24) is 0 Å². The molecule has 2 unspecified atom stereocenters.